The second-order valence-electron chi connectivity index (χ2n) is 4.90. The van der Waals surface area contributed by atoms with E-state index in [9.17, 15) is 4.79 Å². The molecule has 2 aromatic carbocycles. The average Bonchev–Trinajstić information content (AvgIpc) is 2.54. The van der Waals surface area contributed by atoms with Crippen molar-refractivity contribution in [1.29, 1.82) is 0 Å². The summed E-state index contributed by atoms with van der Waals surface area (Å²) in [4.78, 5) is 11.7. The van der Waals surface area contributed by atoms with Gasteiger partial charge in [-0.1, -0.05) is 48.0 Å². The van der Waals surface area contributed by atoms with Gasteiger partial charge in [0.15, 0.2) is 0 Å². The standard InChI is InChI=1S/C18H18ClN3O/c1-14-12-16(19)9-10-17(14)20-13-18(23)22-21-11-5-8-15-6-3-2-4-7-15/h2-12,20H,13H2,1H3,(H,22,23)/b8-5+,21-11-. The predicted octanol–water partition coefficient (Wildman–Crippen LogP) is 3.88. The molecule has 5 heteroatoms. The van der Waals surface area contributed by atoms with Crippen molar-refractivity contribution in [1.82, 2.24) is 5.43 Å². The topological polar surface area (TPSA) is 53.5 Å². The molecule has 0 saturated carbocycles. The van der Waals surface area contributed by atoms with Crippen molar-refractivity contribution in [3.05, 3.63) is 70.8 Å². The zero-order valence-electron chi connectivity index (χ0n) is 12.8. The van der Waals surface area contributed by atoms with Crippen LogP contribution in [0.3, 0.4) is 0 Å². The van der Waals surface area contributed by atoms with Gasteiger partial charge in [-0.25, -0.2) is 5.43 Å². The summed E-state index contributed by atoms with van der Waals surface area (Å²) in [5, 5.41) is 7.58. The number of aryl methyl sites for hydroxylation is 1. The number of rotatable bonds is 6. The summed E-state index contributed by atoms with van der Waals surface area (Å²) in [6.45, 7) is 2.07. The van der Waals surface area contributed by atoms with Gasteiger partial charge in [0.25, 0.3) is 5.91 Å². The van der Waals surface area contributed by atoms with Gasteiger partial charge in [0.1, 0.15) is 0 Å². The van der Waals surface area contributed by atoms with Crippen LogP contribution in [0.2, 0.25) is 5.02 Å². The molecule has 2 rings (SSSR count). The van der Waals surface area contributed by atoms with Crippen LogP contribution in [0.5, 0.6) is 0 Å². The molecule has 0 heterocycles. The molecule has 0 aliphatic rings. The van der Waals surface area contributed by atoms with Gasteiger partial charge in [-0.3, -0.25) is 4.79 Å². The van der Waals surface area contributed by atoms with Gasteiger partial charge < -0.3 is 5.32 Å². The first kappa shape index (κ1) is 16.8. The van der Waals surface area contributed by atoms with Gasteiger partial charge in [0, 0.05) is 16.9 Å². The van der Waals surface area contributed by atoms with Crippen LogP contribution in [0.25, 0.3) is 6.08 Å². The number of hydrazone groups is 1. The molecule has 2 aromatic rings. The molecule has 0 aliphatic carbocycles. The Kier molecular flexibility index (Phi) is 6.39. The Morgan fingerprint density at radius 1 is 1.22 bits per heavy atom. The van der Waals surface area contributed by atoms with Gasteiger partial charge in [0.05, 0.1) is 6.54 Å². The third-order valence-electron chi connectivity index (χ3n) is 3.07. The molecule has 118 valence electrons. The van der Waals surface area contributed by atoms with Crippen LogP contribution in [0.4, 0.5) is 5.69 Å². The Morgan fingerprint density at radius 2 is 2.00 bits per heavy atom. The number of halogens is 1. The summed E-state index contributed by atoms with van der Waals surface area (Å²) in [5.41, 5.74) is 5.39. The normalized spacial score (nSPS) is 11.0. The van der Waals surface area contributed by atoms with Crippen molar-refractivity contribution < 1.29 is 4.79 Å². The number of carbonyl (C=O) groups is 1. The molecular weight excluding hydrogens is 310 g/mol. The molecule has 0 spiro atoms. The van der Waals surface area contributed by atoms with E-state index >= 15 is 0 Å². The second-order valence-corrected chi connectivity index (χ2v) is 5.33. The summed E-state index contributed by atoms with van der Waals surface area (Å²) in [5.74, 6) is -0.219. The van der Waals surface area contributed by atoms with Crippen molar-refractivity contribution in [3.63, 3.8) is 0 Å². The number of allylic oxidation sites excluding steroid dienone is 1. The maximum absolute atomic E-state index is 11.7. The van der Waals surface area contributed by atoms with E-state index in [2.05, 4.69) is 15.8 Å². The highest BCUT2D eigenvalue weighted by Crippen LogP contribution is 2.19. The minimum atomic E-state index is -0.219. The maximum atomic E-state index is 11.7. The van der Waals surface area contributed by atoms with Crippen LogP contribution in [-0.2, 0) is 4.79 Å². The number of nitrogens with zero attached hydrogens (tertiary/aromatic N) is 1. The van der Waals surface area contributed by atoms with E-state index in [-0.39, 0.29) is 12.5 Å². The molecule has 0 saturated heterocycles. The number of carbonyl (C=O) groups excluding carboxylic acids is 1. The van der Waals surface area contributed by atoms with Crippen LogP contribution in [0.1, 0.15) is 11.1 Å². The van der Waals surface area contributed by atoms with Crippen molar-refractivity contribution >= 4 is 35.5 Å². The Hall–Kier alpha value is -2.59. The van der Waals surface area contributed by atoms with Gasteiger partial charge in [-0.15, -0.1) is 0 Å². The fourth-order valence-corrected chi connectivity index (χ4v) is 2.14. The lowest BCUT2D eigenvalue weighted by molar-refractivity contribution is -0.119. The van der Waals surface area contributed by atoms with Gasteiger partial charge in [-0.05, 0) is 42.3 Å². The van der Waals surface area contributed by atoms with E-state index in [0.717, 1.165) is 16.8 Å². The zero-order valence-corrected chi connectivity index (χ0v) is 13.5. The third kappa shape index (κ3) is 5.96. The van der Waals surface area contributed by atoms with Crippen molar-refractivity contribution in [3.8, 4) is 0 Å². The monoisotopic (exact) mass is 327 g/mol. The van der Waals surface area contributed by atoms with E-state index in [1.165, 1.54) is 0 Å². The van der Waals surface area contributed by atoms with Crippen LogP contribution < -0.4 is 10.7 Å². The summed E-state index contributed by atoms with van der Waals surface area (Å²) in [6, 6.07) is 15.3. The molecule has 2 N–H and O–H groups in total. The molecule has 1 amide bonds. The maximum Gasteiger partial charge on any atom is 0.259 e. The molecule has 0 unspecified atom stereocenters. The lowest BCUT2D eigenvalue weighted by Crippen LogP contribution is -2.25. The molecule has 0 fully saturated rings. The van der Waals surface area contributed by atoms with E-state index < -0.39 is 0 Å². The summed E-state index contributed by atoms with van der Waals surface area (Å²) < 4.78 is 0. The molecule has 4 nitrogen and oxygen atoms in total. The predicted molar refractivity (Wildman–Crippen MR) is 96.8 cm³/mol. The van der Waals surface area contributed by atoms with Gasteiger partial charge in [0.2, 0.25) is 0 Å². The molecular formula is C18H18ClN3O. The first-order chi connectivity index (χ1) is 11.1. The van der Waals surface area contributed by atoms with Gasteiger partial charge >= 0.3 is 0 Å². The highest BCUT2D eigenvalue weighted by atomic mass is 35.5. The fourth-order valence-electron chi connectivity index (χ4n) is 1.91. The average molecular weight is 328 g/mol. The number of amides is 1. The third-order valence-corrected chi connectivity index (χ3v) is 3.30. The zero-order chi connectivity index (χ0) is 16.5. The molecule has 0 aromatic heterocycles. The van der Waals surface area contributed by atoms with Crippen LogP contribution in [0.15, 0.2) is 59.7 Å². The number of nitrogens with one attached hydrogen (secondary N) is 2. The van der Waals surface area contributed by atoms with Crippen molar-refractivity contribution in [2.24, 2.45) is 5.10 Å². The molecule has 0 bridgehead atoms. The quantitative estimate of drug-likeness (QED) is 0.625. The lowest BCUT2D eigenvalue weighted by atomic mass is 10.2. The Bertz CT molecular complexity index is 711. The fraction of sp³-hybridized carbons (Fsp3) is 0.111. The molecule has 23 heavy (non-hydrogen) atoms. The summed E-state index contributed by atoms with van der Waals surface area (Å²) in [7, 11) is 0. The van der Waals surface area contributed by atoms with Crippen LogP contribution in [-0.4, -0.2) is 18.7 Å². The minimum absolute atomic E-state index is 0.141. The first-order valence-electron chi connectivity index (χ1n) is 7.19. The Morgan fingerprint density at radius 3 is 2.74 bits per heavy atom. The van der Waals surface area contributed by atoms with E-state index in [1.54, 1.807) is 18.4 Å². The Labute approximate surface area is 140 Å². The smallest absolute Gasteiger partial charge is 0.259 e. The van der Waals surface area contributed by atoms with E-state index in [1.807, 2.05) is 55.5 Å². The minimum Gasteiger partial charge on any atom is -0.376 e. The summed E-state index contributed by atoms with van der Waals surface area (Å²) in [6.07, 6.45) is 5.22. The van der Waals surface area contributed by atoms with Crippen LogP contribution in [0, 0.1) is 6.92 Å². The highest BCUT2D eigenvalue weighted by molar-refractivity contribution is 6.30. The number of anilines is 1. The van der Waals surface area contributed by atoms with Crippen molar-refractivity contribution in [2.45, 2.75) is 6.92 Å². The SMILES string of the molecule is Cc1cc(Cl)ccc1NCC(=O)N/N=C\C=C\c1ccccc1. The molecule has 0 radical (unpaired) electrons. The molecule has 0 atom stereocenters. The largest absolute Gasteiger partial charge is 0.376 e. The number of benzene rings is 2. The van der Waals surface area contributed by atoms with Crippen molar-refractivity contribution in [2.75, 3.05) is 11.9 Å². The van der Waals surface area contributed by atoms with E-state index in [0.29, 0.717) is 5.02 Å². The Balaban J connectivity index is 1.74. The van der Waals surface area contributed by atoms with E-state index in [4.69, 9.17) is 11.6 Å². The lowest BCUT2D eigenvalue weighted by Gasteiger charge is -2.08. The summed E-state index contributed by atoms with van der Waals surface area (Å²) >= 11 is 5.89. The molecule has 0 aliphatic heterocycles. The van der Waals surface area contributed by atoms with Gasteiger partial charge in [-0.2, -0.15) is 5.10 Å². The number of hydrogen-bond donors (Lipinski definition) is 2. The first-order valence-corrected chi connectivity index (χ1v) is 7.56. The van der Waals surface area contributed by atoms with Crippen LogP contribution >= 0.6 is 11.6 Å². The second kappa shape index (κ2) is 8.76. The highest BCUT2D eigenvalue weighted by Gasteiger charge is 2.02. The number of hydrogen-bond acceptors (Lipinski definition) is 3.